The Bertz CT molecular complexity index is 161. The van der Waals surface area contributed by atoms with Crippen LogP contribution < -0.4 is 0 Å². The van der Waals surface area contributed by atoms with Gasteiger partial charge in [-0.2, -0.15) is 0 Å². The summed E-state index contributed by atoms with van der Waals surface area (Å²) in [4.78, 5) is 24.5. The number of hydrogen-bond donors (Lipinski definition) is 0. The van der Waals surface area contributed by atoms with Gasteiger partial charge < -0.3 is 4.90 Å². The zero-order valence-electron chi connectivity index (χ0n) is 6.13. The molecule has 0 aromatic heterocycles. The van der Waals surface area contributed by atoms with Gasteiger partial charge in [0.1, 0.15) is 0 Å². The van der Waals surface area contributed by atoms with E-state index in [1.165, 1.54) is 11.0 Å². The first-order valence-electron chi connectivity index (χ1n) is 3.05. The van der Waals surface area contributed by atoms with Gasteiger partial charge in [-0.25, -0.2) is 9.59 Å². The van der Waals surface area contributed by atoms with Crippen LogP contribution in [0, 0.1) is 0 Å². The van der Waals surface area contributed by atoms with Crippen LogP contribution in [-0.2, 0) is 4.79 Å². The fraction of sp³-hybridized carbons (Fsp3) is 0.667. The fourth-order valence-corrected chi connectivity index (χ4v) is 0.555. The summed E-state index contributed by atoms with van der Waals surface area (Å²) >= 11 is 0. The van der Waals surface area contributed by atoms with Crippen LogP contribution in [-0.4, -0.2) is 30.6 Å². The lowest BCUT2D eigenvalue weighted by atomic mass is 10.4. The van der Waals surface area contributed by atoms with E-state index < -0.39 is 6.03 Å². The highest BCUT2D eigenvalue weighted by Gasteiger charge is 2.03. The molecule has 4 nitrogen and oxygen atoms in total. The molecule has 0 saturated heterocycles. The van der Waals surface area contributed by atoms with Crippen LogP contribution in [0.3, 0.4) is 0 Å². The summed E-state index contributed by atoms with van der Waals surface area (Å²) in [6.45, 7) is 2.55. The van der Waals surface area contributed by atoms with Crippen molar-refractivity contribution >= 4 is 12.1 Å². The van der Waals surface area contributed by atoms with E-state index in [-0.39, 0.29) is 0 Å². The highest BCUT2D eigenvalue weighted by atomic mass is 16.2. The summed E-state index contributed by atoms with van der Waals surface area (Å²) in [7, 11) is 1.59. The van der Waals surface area contributed by atoms with Gasteiger partial charge in [0.15, 0.2) is 0 Å². The average molecular weight is 142 g/mol. The van der Waals surface area contributed by atoms with Crippen molar-refractivity contribution < 1.29 is 9.59 Å². The summed E-state index contributed by atoms with van der Waals surface area (Å²) in [5, 5.41) is 0. The predicted octanol–water partition coefficient (Wildman–Crippen LogP) is 0.784. The molecule has 0 aromatic rings. The van der Waals surface area contributed by atoms with E-state index in [1.54, 1.807) is 7.05 Å². The molecule has 0 aliphatic heterocycles. The minimum Gasteiger partial charge on any atom is -0.325 e. The highest BCUT2D eigenvalue weighted by molar-refractivity contribution is 5.79. The van der Waals surface area contributed by atoms with Gasteiger partial charge >= 0.3 is 6.03 Å². The van der Waals surface area contributed by atoms with E-state index in [0.717, 1.165) is 6.42 Å². The van der Waals surface area contributed by atoms with Crippen LogP contribution in [0.2, 0.25) is 0 Å². The van der Waals surface area contributed by atoms with Crippen molar-refractivity contribution in [3.8, 4) is 0 Å². The number of hydrogen-bond acceptors (Lipinski definition) is 2. The molecule has 0 atom stereocenters. The predicted molar refractivity (Wildman–Crippen MR) is 36.4 cm³/mol. The van der Waals surface area contributed by atoms with Gasteiger partial charge in [-0.05, 0) is 6.42 Å². The summed E-state index contributed by atoms with van der Waals surface area (Å²) < 4.78 is 0. The number of urea groups is 1. The van der Waals surface area contributed by atoms with Gasteiger partial charge in [0.2, 0.25) is 6.08 Å². The molecular weight excluding hydrogens is 132 g/mol. The van der Waals surface area contributed by atoms with Gasteiger partial charge in [-0.15, -0.1) is 4.99 Å². The molecule has 0 rings (SSSR count). The standard InChI is InChI=1S/C6H10N2O2/c1-3-4-8(2)6(10)7-5-9/h3-4H2,1-2H3. The zero-order chi connectivity index (χ0) is 7.98. The third-order valence-electron chi connectivity index (χ3n) is 1.03. The molecular formula is C6H10N2O2. The van der Waals surface area contributed by atoms with E-state index in [9.17, 15) is 9.59 Å². The monoisotopic (exact) mass is 142 g/mol. The second-order valence-corrected chi connectivity index (χ2v) is 1.91. The fourth-order valence-electron chi connectivity index (χ4n) is 0.555. The van der Waals surface area contributed by atoms with Gasteiger partial charge in [-0.3, -0.25) is 0 Å². The summed E-state index contributed by atoms with van der Waals surface area (Å²) in [6.07, 6.45) is 2.05. The number of carbonyl (C=O) groups excluding carboxylic acids is 2. The first-order valence-corrected chi connectivity index (χ1v) is 3.05. The molecule has 0 fully saturated rings. The molecule has 0 aliphatic rings. The van der Waals surface area contributed by atoms with Gasteiger partial charge in [0, 0.05) is 13.6 Å². The quantitative estimate of drug-likeness (QED) is 0.422. The molecule has 0 heterocycles. The molecule has 0 N–H and O–H groups in total. The van der Waals surface area contributed by atoms with Crippen LogP contribution in [0.25, 0.3) is 0 Å². The molecule has 0 unspecified atom stereocenters. The largest absolute Gasteiger partial charge is 0.354 e. The maximum absolute atomic E-state index is 10.6. The molecule has 0 aliphatic carbocycles. The number of nitrogens with zero attached hydrogens (tertiary/aromatic N) is 2. The normalized spacial score (nSPS) is 8.20. The molecule has 0 spiro atoms. The molecule has 0 radical (unpaired) electrons. The topological polar surface area (TPSA) is 49.7 Å². The van der Waals surface area contributed by atoms with E-state index in [1.807, 2.05) is 6.92 Å². The average Bonchev–Trinajstić information content (AvgIpc) is 1.89. The van der Waals surface area contributed by atoms with Crippen LogP contribution in [0.5, 0.6) is 0 Å². The van der Waals surface area contributed by atoms with Crippen molar-refractivity contribution in [3.05, 3.63) is 0 Å². The number of rotatable bonds is 2. The third kappa shape index (κ3) is 2.99. The Morgan fingerprint density at radius 2 is 2.30 bits per heavy atom. The van der Waals surface area contributed by atoms with E-state index in [0.29, 0.717) is 6.54 Å². The minimum atomic E-state index is -0.531. The second kappa shape index (κ2) is 4.70. The van der Waals surface area contributed by atoms with Crippen LogP contribution in [0.4, 0.5) is 4.79 Å². The van der Waals surface area contributed by atoms with E-state index >= 15 is 0 Å². The van der Waals surface area contributed by atoms with Crippen molar-refractivity contribution in [2.45, 2.75) is 13.3 Å². The Labute approximate surface area is 59.5 Å². The Hall–Kier alpha value is -1.15. The Balaban J connectivity index is 3.81. The molecule has 10 heavy (non-hydrogen) atoms. The molecule has 2 amide bonds. The Morgan fingerprint density at radius 3 is 2.70 bits per heavy atom. The number of amides is 2. The minimum absolute atomic E-state index is 0.531. The van der Waals surface area contributed by atoms with Crippen molar-refractivity contribution in [2.75, 3.05) is 13.6 Å². The number of isocyanates is 1. The van der Waals surface area contributed by atoms with E-state index in [2.05, 4.69) is 4.99 Å². The molecule has 4 heteroatoms. The summed E-state index contributed by atoms with van der Waals surface area (Å²) in [5.74, 6) is 0. The van der Waals surface area contributed by atoms with Gasteiger partial charge in [0.25, 0.3) is 0 Å². The number of carbonyl (C=O) groups is 1. The first-order chi connectivity index (χ1) is 4.72. The third-order valence-corrected chi connectivity index (χ3v) is 1.03. The van der Waals surface area contributed by atoms with Crippen molar-refractivity contribution in [2.24, 2.45) is 4.99 Å². The van der Waals surface area contributed by atoms with Crippen molar-refractivity contribution in [1.82, 2.24) is 4.90 Å². The molecule has 0 saturated carbocycles. The maximum atomic E-state index is 10.6. The smallest absolute Gasteiger partial charge is 0.325 e. The second-order valence-electron chi connectivity index (χ2n) is 1.91. The summed E-state index contributed by atoms with van der Waals surface area (Å²) in [5.41, 5.74) is 0. The van der Waals surface area contributed by atoms with Crippen LogP contribution in [0.1, 0.15) is 13.3 Å². The first kappa shape index (κ1) is 8.85. The zero-order valence-corrected chi connectivity index (χ0v) is 6.13. The highest BCUT2D eigenvalue weighted by Crippen LogP contribution is 1.89. The maximum Gasteiger partial charge on any atom is 0.354 e. The molecule has 0 bridgehead atoms. The van der Waals surface area contributed by atoms with Gasteiger partial charge in [-0.1, -0.05) is 6.92 Å². The lowest BCUT2D eigenvalue weighted by Crippen LogP contribution is -2.23. The SMILES string of the molecule is CCCN(C)C(=O)N=C=O. The lowest BCUT2D eigenvalue weighted by molar-refractivity contribution is 0.219. The molecule has 56 valence electrons. The van der Waals surface area contributed by atoms with Crippen molar-refractivity contribution in [1.29, 1.82) is 0 Å². The Kier molecular flexibility index (Phi) is 4.16. The lowest BCUT2D eigenvalue weighted by Gasteiger charge is -2.10. The number of aliphatic imine (C=N–C) groups is 1. The van der Waals surface area contributed by atoms with E-state index in [4.69, 9.17) is 0 Å². The van der Waals surface area contributed by atoms with Gasteiger partial charge in [0.05, 0.1) is 0 Å². The van der Waals surface area contributed by atoms with Crippen LogP contribution >= 0.6 is 0 Å². The van der Waals surface area contributed by atoms with Crippen LogP contribution in [0.15, 0.2) is 4.99 Å². The molecule has 0 aromatic carbocycles. The summed E-state index contributed by atoms with van der Waals surface area (Å²) in [6, 6.07) is -0.531. The van der Waals surface area contributed by atoms with Crippen molar-refractivity contribution in [3.63, 3.8) is 0 Å². The Morgan fingerprint density at radius 1 is 1.70 bits per heavy atom.